The number of nitriles is 1. The van der Waals surface area contributed by atoms with Crippen molar-refractivity contribution in [1.29, 1.82) is 5.26 Å². The minimum Gasteiger partial charge on any atom is -0.361 e. The third kappa shape index (κ3) is 2.24. The van der Waals surface area contributed by atoms with Crippen LogP contribution in [0.5, 0.6) is 0 Å². The van der Waals surface area contributed by atoms with E-state index < -0.39 is 5.41 Å². The van der Waals surface area contributed by atoms with Crippen LogP contribution in [0.4, 0.5) is 10.1 Å². The molecule has 2 N–H and O–H groups in total. The highest BCUT2D eigenvalue weighted by Crippen LogP contribution is 2.51. The van der Waals surface area contributed by atoms with Gasteiger partial charge in [0.05, 0.1) is 17.0 Å². The number of rotatable bonds is 3. The van der Waals surface area contributed by atoms with Gasteiger partial charge in [0, 0.05) is 22.8 Å². The Morgan fingerprint density at radius 2 is 1.96 bits per heavy atom. The molecule has 1 amide bonds. The predicted molar refractivity (Wildman–Crippen MR) is 89.0 cm³/mol. The number of benzene rings is 2. The first-order chi connectivity index (χ1) is 11.6. The Morgan fingerprint density at radius 3 is 2.62 bits per heavy atom. The summed E-state index contributed by atoms with van der Waals surface area (Å²) in [6.45, 7) is 0. The van der Waals surface area contributed by atoms with Crippen LogP contribution in [-0.2, 0) is 10.2 Å². The van der Waals surface area contributed by atoms with E-state index in [0.717, 1.165) is 29.3 Å². The lowest BCUT2D eigenvalue weighted by Gasteiger charge is -2.15. The van der Waals surface area contributed by atoms with Crippen molar-refractivity contribution >= 4 is 22.5 Å². The number of fused-ring (bicyclic) bond motifs is 1. The van der Waals surface area contributed by atoms with E-state index in [0.29, 0.717) is 11.3 Å². The zero-order chi connectivity index (χ0) is 16.7. The van der Waals surface area contributed by atoms with Crippen molar-refractivity contribution in [3.05, 3.63) is 65.6 Å². The average molecular weight is 319 g/mol. The topological polar surface area (TPSA) is 68.7 Å². The van der Waals surface area contributed by atoms with E-state index in [1.165, 1.54) is 12.1 Å². The molecule has 0 aliphatic heterocycles. The largest absolute Gasteiger partial charge is 0.361 e. The van der Waals surface area contributed by atoms with Gasteiger partial charge in [0.1, 0.15) is 5.82 Å². The second kappa shape index (κ2) is 5.20. The minimum absolute atomic E-state index is 0.0997. The van der Waals surface area contributed by atoms with E-state index in [2.05, 4.69) is 10.3 Å². The zero-order valence-corrected chi connectivity index (χ0v) is 12.8. The Hall–Kier alpha value is -3.13. The molecule has 1 aliphatic carbocycles. The van der Waals surface area contributed by atoms with E-state index in [9.17, 15) is 9.18 Å². The van der Waals surface area contributed by atoms with Crippen LogP contribution in [0.1, 0.15) is 24.0 Å². The van der Waals surface area contributed by atoms with Gasteiger partial charge in [0.25, 0.3) is 0 Å². The summed E-state index contributed by atoms with van der Waals surface area (Å²) < 4.78 is 13.6. The van der Waals surface area contributed by atoms with E-state index in [-0.39, 0.29) is 11.7 Å². The third-order valence-corrected chi connectivity index (χ3v) is 4.62. The summed E-state index contributed by atoms with van der Waals surface area (Å²) in [6, 6.07) is 13.3. The maximum Gasteiger partial charge on any atom is 0.235 e. The van der Waals surface area contributed by atoms with Gasteiger partial charge in [-0.1, -0.05) is 0 Å². The number of hydrogen-bond acceptors (Lipinski definition) is 2. The van der Waals surface area contributed by atoms with Crippen molar-refractivity contribution in [1.82, 2.24) is 4.98 Å². The molecule has 0 spiro atoms. The summed E-state index contributed by atoms with van der Waals surface area (Å²) in [5.41, 5.74) is 2.24. The van der Waals surface area contributed by atoms with Crippen LogP contribution in [0.2, 0.25) is 0 Å². The highest BCUT2D eigenvalue weighted by atomic mass is 19.1. The molecule has 5 heteroatoms. The molecule has 2 aromatic carbocycles. The van der Waals surface area contributed by atoms with Gasteiger partial charge >= 0.3 is 0 Å². The van der Waals surface area contributed by atoms with Crippen LogP contribution < -0.4 is 5.32 Å². The van der Waals surface area contributed by atoms with E-state index >= 15 is 0 Å². The highest BCUT2D eigenvalue weighted by molar-refractivity contribution is 6.04. The van der Waals surface area contributed by atoms with Crippen molar-refractivity contribution in [2.24, 2.45) is 0 Å². The van der Waals surface area contributed by atoms with Crippen LogP contribution in [0.3, 0.4) is 0 Å². The second-order valence-corrected chi connectivity index (χ2v) is 6.12. The molecule has 1 fully saturated rings. The smallest absolute Gasteiger partial charge is 0.235 e. The molecule has 1 heterocycles. The number of anilines is 1. The number of nitrogens with one attached hydrogen (secondary N) is 2. The molecule has 0 saturated heterocycles. The van der Waals surface area contributed by atoms with Crippen LogP contribution in [0, 0.1) is 17.1 Å². The molecule has 4 nitrogen and oxygen atoms in total. The molecule has 4 rings (SSSR count). The van der Waals surface area contributed by atoms with Crippen LogP contribution in [0.25, 0.3) is 10.9 Å². The summed E-state index contributed by atoms with van der Waals surface area (Å²) in [7, 11) is 0. The second-order valence-electron chi connectivity index (χ2n) is 6.12. The number of aromatic amines is 1. The van der Waals surface area contributed by atoms with E-state index in [4.69, 9.17) is 5.26 Å². The van der Waals surface area contributed by atoms with Gasteiger partial charge in [-0.3, -0.25) is 4.79 Å². The van der Waals surface area contributed by atoms with Crippen molar-refractivity contribution in [2.45, 2.75) is 18.3 Å². The number of aromatic nitrogens is 1. The fourth-order valence-electron chi connectivity index (χ4n) is 3.11. The molecule has 0 radical (unpaired) electrons. The molecule has 1 saturated carbocycles. The molecule has 3 aromatic rings. The molecular weight excluding hydrogens is 305 g/mol. The summed E-state index contributed by atoms with van der Waals surface area (Å²) in [5.74, 6) is -0.413. The lowest BCUT2D eigenvalue weighted by atomic mass is 9.94. The predicted octanol–water partition coefficient (Wildman–Crippen LogP) is 3.85. The SMILES string of the molecule is N#Cc1ccc(NC(=O)C2(c3c[nH]c4ccc(F)cc34)CC2)cc1. The molecule has 118 valence electrons. The molecule has 0 unspecified atom stereocenters. The van der Waals surface area contributed by atoms with Gasteiger partial charge in [-0.05, 0) is 60.9 Å². The number of carbonyl (C=O) groups is 1. The standard InChI is InChI=1S/C19H14FN3O/c20-13-3-6-17-15(9-13)16(11-22-17)19(7-8-19)18(24)23-14-4-1-12(10-21)2-5-14/h1-6,9,11,22H,7-8H2,(H,23,24). The van der Waals surface area contributed by atoms with Crippen molar-refractivity contribution in [3.8, 4) is 6.07 Å². The Labute approximate surface area is 137 Å². The molecular formula is C19H14FN3O. The molecule has 1 aliphatic rings. The normalized spacial score (nSPS) is 15.0. The number of carbonyl (C=O) groups excluding carboxylic acids is 1. The summed E-state index contributed by atoms with van der Waals surface area (Å²) in [4.78, 5) is 15.9. The van der Waals surface area contributed by atoms with Gasteiger partial charge in [-0.15, -0.1) is 0 Å². The van der Waals surface area contributed by atoms with Crippen LogP contribution in [-0.4, -0.2) is 10.9 Å². The fraction of sp³-hybridized carbons (Fsp3) is 0.158. The van der Waals surface area contributed by atoms with Crippen LogP contribution >= 0.6 is 0 Å². The third-order valence-electron chi connectivity index (χ3n) is 4.62. The number of halogens is 1. The lowest BCUT2D eigenvalue weighted by Crippen LogP contribution is -2.27. The Morgan fingerprint density at radius 1 is 1.21 bits per heavy atom. The number of H-pyrrole nitrogens is 1. The lowest BCUT2D eigenvalue weighted by molar-refractivity contribution is -0.118. The van der Waals surface area contributed by atoms with Gasteiger partial charge in [0.2, 0.25) is 5.91 Å². The maximum absolute atomic E-state index is 13.6. The molecule has 1 aromatic heterocycles. The quantitative estimate of drug-likeness (QED) is 0.770. The van der Waals surface area contributed by atoms with Gasteiger partial charge < -0.3 is 10.3 Å². The monoisotopic (exact) mass is 319 g/mol. The van der Waals surface area contributed by atoms with Gasteiger partial charge in [0.15, 0.2) is 0 Å². The Bertz CT molecular complexity index is 978. The van der Waals surface area contributed by atoms with Crippen molar-refractivity contribution < 1.29 is 9.18 Å². The summed E-state index contributed by atoms with van der Waals surface area (Å²) in [5, 5.41) is 12.5. The Balaban J connectivity index is 1.65. The van der Waals surface area contributed by atoms with Crippen molar-refractivity contribution in [2.75, 3.05) is 5.32 Å². The molecule has 0 atom stereocenters. The summed E-state index contributed by atoms with van der Waals surface area (Å²) in [6.07, 6.45) is 3.27. The highest BCUT2D eigenvalue weighted by Gasteiger charge is 2.52. The van der Waals surface area contributed by atoms with Crippen molar-refractivity contribution in [3.63, 3.8) is 0 Å². The average Bonchev–Trinajstić information content (AvgIpc) is 3.30. The summed E-state index contributed by atoms with van der Waals surface area (Å²) >= 11 is 0. The zero-order valence-electron chi connectivity index (χ0n) is 12.8. The van der Waals surface area contributed by atoms with E-state index in [1.54, 1.807) is 36.5 Å². The molecule has 24 heavy (non-hydrogen) atoms. The van der Waals surface area contributed by atoms with Crippen LogP contribution in [0.15, 0.2) is 48.7 Å². The maximum atomic E-state index is 13.6. The van der Waals surface area contributed by atoms with Gasteiger partial charge in [-0.2, -0.15) is 5.26 Å². The molecule has 0 bridgehead atoms. The number of hydrogen-bond donors (Lipinski definition) is 2. The first-order valence-electron chi connectivity index (χ1n) is 7.71. The first kappa shape index (κ1) is 14.5. The minimum atomic E-state index is -0.611. The van der Waals surface area contributed by atoms with Gasteiger partial charge in [-0.25, -0.2) is 4.39 Å². The number of amides is 1. The first-order valence-corrected chi connectivity index (χ1v) is 7.71. The fourth-order valence-corrected chi connectivity index (χ4v) is 3.11. The van der Waals surface area contributed by atoms with E-state index in [1.807, 2.05) is 6.07 Å². The Kier molecular flexibility index (Phi) is 3.14. The number of nitrogens with zero attached hydrogens (tertiary/aromatic N) is 1.